The molecule has 0 amide bonds. The van der Waals surface area contributed by atoms with E-state index in [1.54, 1.807) is 24.3 Å². The summed E-state index contributed by atoms with van der Waals surface area (Å²) in [5, 5.41) is 40.2. The van der Waals surface area contributed by atoms with Crippen LogP contribution in [0, 0.1) is 28.4 Å². The van der Waals surface area contributed by atoms with Crippen molar-refractivity contribution < 1.29 is 28.3 Å². The van der Waals surface area contributed by atoms with Crippen LogP contribution < -0.4 is 0 Å². The van der Waals surface area contributed by atoms with Gasteiger partial charge in [-0.05, 0) is 30.7 Å². The number of aryl methyl sites for hydroxylation is 1. The maximum atomic E-state index is 13.9. The normalized spacial score (nSPS) is 11.8. The van der Waals surface area contributed by atoms with Gasteiger partial charge >= 0.3 is 11.9 Å². The lowest BCUT2D eigenvalue weighted by Crippen LogP contribution is -2.12. The summed E-state index contributed by atoms with van der Waals surface area (Å²) in [6.45, 7) is 1.39. The number of nitro benzene ring substituents is 1. The number of phenolic OH excluding ortho intramolecular Hbond substituents is 2. The molecule has 1 aromatic heterocycles. The van der Waals surface area contributed by atoms with Gasteiger partial charge < -0.3 is 10.2 Å². The number of hydrogen-bond donors (Lipinski definition) is 2. The Labute approximate surface area is 179 Å². The predicted octanol–water partition coefficient (Wildman–Crippen LogP) is 5.46. The van der Waals surface area contributed by atoms with E-state index in [4.69, 9.17) is 0 Å². The highest BCUT2D eigenvalue weighted by molar-refractivity contribution is 5.96. The lowest BCUT2D eigenvalue weighted by Gasteiger charge is -2.17. The topological polar surface area (TPSA) is 120 Å². The average Bonchev–Trinajstić information content (AvgIpc) is 2.73. The Morgan fingerprint density at radius 3 is 2.41 bits per heavy atom. The summed E-state index contributed by atoms with van der Waals surface area (Å²) < 4.78 is 41.8. The van der Waals surface area contributed by atoms with Crippen LogP contribution in [0.5, 0.6) is 11.5 Å². The van der Waals surface area contributed by atoms with Crippen LogP contribution in [-0.2, 0) is 6.18 Å². The maximum Gasteiger partial charge on any atom is 0.417 e. The lowest BCUT2D eigenvalue weighted by atomic mass is 9.92. The monoisotopic (exact) mass is 441 g/mol. The number of hydrogen-bond acceptors (Lipinski definition) is 6. The molecule has 0 spiro atoms. The van der Waals surface area contributed by atoms with Crippen LogP contribution in [0.15, 0.2) is 48.5 Å². The number of nitriles is 1. The lowest BCUT2D eigenvalue weighted by molar-refractivity contribution is -0.386. The van der Waals surface area contributed by atoms with Crippen molar-refractivity contribution in [3.05, 3.63) is 81.0 Å². The van der Waals surface area contributed by atoms with Crippen molar-refractivity contribution in [1.82, 2.24) is 4.98 Å². The van der Waals surface area contributed by atoms with Gasteiger partial charge in [-0.25, -0.2) is 0 Å². The first kappa shape index (κ1) is 22.3. The number of nitro groups is 1. The molecule has 0 radical (unpaired) electrons. The van der Waals surface area contributed by atoms with Crippen LogP contribution in [0.3, 0.4) is 0 Å². The third-order valence-electron chi connectivity index (χ3n) is 4.49. The van der Waals surface area contributed by atoms with Gasteiger partial charge in [0.25, 0.3) is 0 Å². The van der Waals surface area contributed by atoms with Gasteiger partial charge in [0.1, 0.15) is 0 Å². The molecule has 2 N–H and O–H groups in total. The van der Waals surface area contributed by atoms with Gasteiger partial charge in [0.2, 0.25) is 5.75 Å². The highest BCUT2D eigenvalue weighted by atomic mass is 19.4. The molecule has 162 valence electrons. The smallest absolute Gasteiger partial charge is 0.417 e. The number of benzene rings is 2. The molecule has 0 aliphatic rings. The highest BCUT2D eigenvalue weighted by Gasteiger charge is 2.36. The summed E-state index contributed by atoms with van der Waals surface area (Å²) in [7, 11) is 0. The van der Waals surface area contributed by atoms with Gasteiger partial charge in [0.15, 0.2) is 5.75 Å². The summed E-state index contributed by atoms with van der Waals surface area (Å²) in [6.07, 6.45) is -3.87. The first-order valence-electron chi connectivity index (χ1n) is 8.99. The molecule has 7 nitrogen and oxygen atoms in total. The van der Waals surface area contributed by atoms with Crippen LogP contribution >= 0.6 is 0 Å². The fraction of sp³-hybridized carbons (Fsp3) is 0.0909. The Morgan fingerprint density at radius 1 is 1.19 bits per heavy atom. The van der Waals surface area contributed by atoms with E-state index in [2.05, 4.69) is 4.98 Å². The number of aromatic hydroxyl groups is 2. The second-order valence-corrected chi connectivity index (χ2v) is 6.73. The molecule has 0 aliphatic heterocycles. The minimum absolute atomic E-state index is 0.0788. The van der Waals surface area contributed by atoms with Crippen molar-refractivity contribution in [3.63, 3.8) is 0 Å². The fourth-order valence-electron chi connectivity index (χ4n) is 3.15. The molecule has 0 saturated heterocycles. The van der Waals surface area contributed by atoms with E-state index in [0.29, 0.717) is 5.56 Å². The SMILES string of the molecule is Cc1cc(C(F)(F)F)c(/C(C#N)=C/c2cc(O)c(O)c([N+](=O)[O-])c2)c(-c2ccccc2)n1. The van der Waals surface area contributed by atoms with E-state index in [1.807, 2.05) is 0 Å². The molecule has 2 aromatic carbocycles. The molecule has 3 aromatic rings. The molecule has 1 heterocycles. The third kappa shape index (κ3) is 4.37. The summed E-state index contributed by atoms with van der Waals surface area (Å²) >= 11 is 0. The molecule has 0 bridgehead atoms. The number of rotatable bonds is 4. The van der Waals surface area contributed by atoms with Gasteiger partial charge in [-0.1, -0.05) is 30.3 Å². The van der Waals surface area contributed by atoms with Gasteiger partial charge in [-0.2, -0.15) is 18.4 Å². The molecule has 32 heavy (non-hydrogen) atoms. The second kappa shape index (κ2) is 8.39. The Bertz CT molecular complexity index is 1280. The molecule has 0 fully saturated rings. The number of allylic oxidation sites excluding steroid dienone is 1. The highest BCUT2D eigenvalue weighted by Crippen LogP contribution is 2.41. The Morgan fingerprint density at radius 2 is 1.84 bits per heavy atom. The minimum atomic E-state index is -4.83. The van der Waals surface area contributed by atoms with Crippen molar-refractivity contribution >= 4 is 17.3 Å². The van der Waals surface area contributed by atoms with Gasteiger partial charge in [0, 0.05) is 22.9 Å². The zero-order valence-corrected chi connectivity index (χ0v) is 16.4. The van der Waals surface area contributed by atoms with Crippen LogP contribution in [0.1, 0.15) is 22.4 Å². The first-order chi connectivity index (χ1) is 15.0. The Hall–Kier alpha value is -4.39. The second-order valence-electron chi connectivity index (χ2n) is 6.73. The van der Waals surface area contributed by atoms with E-state index in [-0.39, 0.29) is 17.0 Å². The summed E-state index contributed by atoms with van der Waals surface area (Å²) in [5.41, 5.74) is -2.80. The Balaban J connectivity index is 2.37. The molecule has 0 atom stereocenters. The zero-order chi connectivity index (χ0) is 23.6. The van der Waals surface area contributed by atoms with E-state index in [1.165, 1.54) is 19.1 Å². The standard InChI is InChI=1S/C22H14F3N3O4/c1-12-7-16(22(23,24)25)19(20(27-12)14-5-3-2-4-6-14)15(11-26)8-13-9-17(28(31)32)21(30)18(29)10-13/h2-10,29-30H,1H3/b15-8+. The molecule has 0 aliphatic carbocycles. The number of pyridine rings is 1. The van der Waals surface area contributed by atoms with Crippen molar-refractivity contribution in [2.45, 2.75) is 13.1 Å². The van der Waals surface area contributed by atoms with Crippen molar-refractivity contribution in [1.29, 1.82) is 5.26 Å². The van der Waals surface area contributed by atoms with Crippen LogP contribution in [0.2, 0.25) is 0 Å². The number of nitrogens with zero attached hydrogens (tertiary/aromatic N) is 3. The molecule has 0 saturated carbocycles. The number of aromatic nitrogens is 1. The first-order valence-corrected chi connectivity index (χ1v) is 8.99. The predicted molar refractivity (Wildman–Crippen MR) is 109 cm³/mol. The van der Waals surface area contributed by atoms with Gasteiger partial charge in [0.05, 0.1) is 27.8 Å². The fourth-order valence-corrected chi connectivity index (χ4v) is 3.15. The largest absolute Gasteiger partial charge is 0.504 e. The molecular weight excluding hydrogens is 427 g/mol. The van der Waals surface area contributed by atoms with Crippen LogP contribution in [0.4, 0.5) is 18.9 Å². The van der Waals surface area contributed by atoms with Gasteiger partial charge in [-0.15, -0.1) is 0 Å². The maximum absolute atomic E-state index is 13.9. The Kier molecular flexibility index (Phi) is 5.85. The molecule has 10 heteroatoms. The average molecular weight is 441 g/mol. The summed E-state index contributed by atoms with van der Waals surface area (Å²) in [5.74, 6) is -1.85. The number of alkyl halides is 3. The van der Waals surface area contributed by atoms with Gasteiger partial charge in [-0.3, -0.25) is 15.1 Å². The van der Waals surface area contributed by atoms with Crippen LogP contribution in [0.25, 0.3) is 22.9 Å². The summed E-state index contributed by atoms with van der Waals surface area (Å²) in [6, 6.07) is 12.2. The van der Waals surface area contributed by atoms with Crippen molar-refractivity contribution in [3.8, 4) is 28.8 Å². The molecular formula is C22H14F3N3O4. The van der Waals surface area contributed by atoms with E-state index >= 15 is 0 Å². The number of phenols is 2. The quantitative estimate of drug-likeness (QED) is 0.240. The summed E-state index contributed by atoms with van der Waals surface area (Å²) in [4.78, 5) is 14.3. The van der Waals surface area contributed by atoms with Crippen molar-refractivity contribution in [2.75, 3.05) is 0 Å². The van der Waals surface area contributed by atoms with Crippen molar-refractivity contribution in [2.24, 2.45) is 0 Å². The zero-order valence-electron chi connectivity index (χ0n) is 16.4. The van der Waals surface area contributed by atoms with E-state index in [9.17, 15) is 38.8 Å². The van der Waals surface area contributed by atoms with E-state index < -0.39 is 45.0 Å². The van der Waals surface area contributed by atoms with Crippen LogP contribution in [-0.4, -0.2) is 20.1 Å². The molecule has 3 rings (SSSR count). The third-order valence-corrected chi connectivity index (χ3v) is 4.49. The molecule has 0 unspecified atom stereocenters. The minimum Gasteiger partial charge on any atom is -0.504 e. The number of halogens is 3. The van der Waals surface area contributed by atoms with E-state index in [0.717, 1.165) is 24.3 Å².